The maximum atomic E-state index is 12.2. The Morgan fingerprint density at radius 1 is 1.21 bits per heavy atom. The van der Waals surface area contributed by atoms with Gasteiger partial charge >= 0.3 is 0 Å². The molecule has 2 aromatic carbocycles. The molecule has 3 rings (SSSR count). The first kappa shape index (κ1) is 20.5. The number of rotatable bonds is 7. The number of carbonyl (C=O) groups is 1. The van der Waals surface area contributed by atoms with E-state index in [2.05, 4.69) is 27.6 Å². The highest BCUT2D eigenvalue weighted by Gasteiger charge is 2.25. The molecule has 1 atom stereocenters. The van der Waals surface area contributed by atoms with E-state index in [4.69, 9.17) is 14.7 Å². The van der Waals surface area contributed by atoms with E-state index in [1.807, 2.05) is 31.2 Å². The van der Waals surface area contributed by atoms with Gasteiger partial charge in [0.05, 0.1) is 30.5 Å². The van der Waals surface area contributed by atoms with Crippen molar-refractivity contribution in [3.8, 4) is 11.8 Å². The Balaban J connectivity index is 1.65. The van der Waals surface area contributed by atoms with Crippen LogP contribution >= 0.6 is 0 Å². The molecule has 0 radical (unpaired) electrons. The molecule has 2 aromatic rings. The van der Waals surface area contributed by atoms with Gasteiger partial charge in [-0.15, -0.1) is 0 Å². The molecule has 1 heterocycles. The second-order valence-electron chi connectivity index (χ2n) is 6.65. The molecule has 7 nitrogen and oxygen atoms in total. The maximum Gasteiger partial charge on any atom is 0.277 e. The van der Waals surface area contributed by atoms with Crippen LogP contribution in [0.15, 0.2) is 59.7 Å². The van der Waals surface area contributed by atoms with E-state index in [-0.39, 0.29) is 18.6 Å². The molecule has 0 aliphatic carbocycles. The van der Waals surface area contributed by atoms with E-state index in [1.165, 1.54) is 0 Å². The highest BCUT2D eigenvalue weighted by molar-refractivity contribution is 5.90. The summed E-state index contributed by atoms with van der Waals surface area (Å²) in [6.45, 7) is 4.63. The number of morpholine rings is 1. The number of nitrogens with one attached hydrogen (secondary N) is 1. The smallest absolute Gasteiger partial charge is 0.277 e. The van der Waals surface area contributed by atoms with Crippen molar-refractivity contribution in [2.24, 2.45) is 5.10 Å². The Bertz CT molecular complexity index is 886. The fourth-order valence-corrected chi connectivity index (χ4v) is 3.26. The van der Waals surface area contributed by atoms with Crippen molar-refractivity contribution in [3.05, 3.63) is 65.7 Å². The lowest BCUT2D eigenvalue weighted by Crippen LogP contribution is -2.42. The molecule has 0 saturated carbocycles. The molecule has 0 unspecified atom stereocenters. The largest absolute Gasteiger partial charge is 0.482 e. The number of hydrazone groups is 1. The van der Waals surface area contributed by atoms with Crippen molar-refractivity contribution in [1.82, 2.24) is 10.3 Å². The Kier molecular flexibility index (Phi) is 7.34. The van der Waals surface area contributed by atoms with E-state index in [1.54, 1.807) is 24.3 Å². The number of para-hydroxylation sites is 1. The summed E-state index contributed by atoms with van der Waals surface area (Å²) in [5.41, 5.74) is 4.84. The summed E-state index contributed by atoms with van der Waals surface area (Å²) in [5, 5.41) is 13.4. The fourth-order valence-electron chi connectivity index (χ4n) is 3.26. The molecular formula is C22H24N4O3. The van der Waals surface area contributed by atoms with Crippen LogP contribution in [0.2, 0.25) is 0 Å². The first-order valence-electron chi connectivity index (χ1n) is 9.50. The second kappa shape index (κ2) is 10.4. The number of nitriles is 1. The van der Waals surface area contributed by atoms with Crippen molar-refractivity contribution in [1.29, 1.82) is 5.26 Å². The number of carbonyl (C=O) groups excluding carboxylic acids is 1. The lowest BCUT2D eigenvalue weighted by molar-refractivity contribution is -0.123. The van der Waals surface area contributed by atoms with Crippen LogP contribution in [0.3, 0.4) is 0 Å². The average Bonchev–Trinajstić information content (AvgIpc) is 2.78. The predicted molar refractivity (Wildman–Crippen MR) is 109 cm³/mol. The number of hydrogen-bond acceptors (Lipinski definition) is 6. The Morgan fingerprint density at radius 3 is 2.62 bits per heavy atom. The van der Waals surface area contributed by atoms with Crippen LogP contribution in [0, 0.1) is 11.3 Å². The van der Waals surface area contributed by atoms with Gasteiger partial charge in [-0.3, -0.25) is 9.69 Å². The Hall–Kier alpha value is -3.21. The Morgan fingerprint density at radius 2 is 1.90 bits per heavy atom. The number of ether oxygens (including phenoxy) is 2. The van der Waals surface area contributed by atoms with Crippen molar-refractivity contribution in [2.75, 3.05) is 32.9 Å². The van der Waals surface area contributed by atoms with Gasteiger partial charge in [0.1, 0.15) is 11.8 Å². The normalized spacial score (nSPS) is 15.9. The van der Waals surface area contributed by atoms with Gasteiger partial charge in [0.2, 0.25) is 0 Å². The van der Waals surface area contributed by atoms with Crippen molar-refractivity contribution < 1.29 is 14.3 Å². The van der Waals surface area contributed by atoms with Gasteiger partial charge < -0.3 is 9.47 Å². The van der Waals surface area contributed by atoms with Crippen LogP contribution in [-0.2, 0) is 9.53 Å². The molecule has 150 valence electrons. The van der Waals surface area contributed by atoms with Crippen LogP contribution < -0.4 is 10.2 Å². The molecule has 1 N–H and O–H groups in total. The van der Waals surface area contributed by atoms with Crippen LogP contribution in [0.25, 0.3) is 0 Å². The minimum Gasteiger partial charge on any atom is -0.482 e. The summed E-state index contributed by atoms with van der Waals surface area (Å²) in [6, 6.07) is 18.9. The minimum absolute atomic E-state index is 0.0411. The number of hydrogen-bond donors (Lipinski definition) is 1. The van der Waals surface area contributed by atoms with Gasteiger partial charge in [-0.25, -0.2) is 5.43 Å². The van der Waals surface area contributed by atoms with Gasteiger partial charge in [-0.2, -0.15) is 10.4 Å². The third kappa shape index (κ3) is 5.64. The molecule has 1 saturated heterocycles. The molecule has 1 aliphatic rings. The van der Waals surface area contributed by atoms with Gasteiger partial charge in [0, 0.05) is 13.1 Å². The van der Waals surface area contributed by atoms with Crippen molar-refractivity contribution in [2.45, 2.75) is 13.0 Å². The number of benzene rings is 2. The average molecular weight is 392 g/mol. The first-order valence-corrected chi connectivity index (χ1v) is 9.50. The van der Waals surface area contributed by atoms with Gasteiger partial charge in [-0.05, 0) is 24.6 Å². The summed E-state index contributed by atoms with van der Waals surface area (Å²) >= 11 is 0. The van der Waals surface area contributed by atoms with Gasteiger partial charge in [-0.1, -0.05) is 42.5 Å². The molecule has 1 amide bonds. The van der Waals surface area contributed by atoms with E-state index in [0.717, 1.165) is 24.4 Å². The zero-order valence-corrected chi connectivity index (χ0v) is 16.4. The zero-order chi connectivity index (χ0) is 20.5. The summed E-state index contributed by atoms with van der Waals surface area (Å²) in [5.74, 6) is -0.00721. The lowest BCUT2D eigenvalue weighted by Gasteiger charge is -2.34. The van der Waals surface area contributed by atoms with Crippen molar-refractivity contribution in [3.63, 3.8) is 0 Å². The van der Waals surface area contributed by atoms with E-state index in [9.17, 15) is 4.79 Å². The quantitative estimate of drug-likeness (QED) is 0.578. The predicted octanol–water partition coefficient (Wildman–Crippen LogP) is 2.50. The van der Waals surface area contributed by atoms with Gasteiger partial charge in [0.25, 0.3) is 5.91 Å². The lowest BCUT2D eigenvalue weighted by atomic mass is 10.0. The maximum absolute atomic E-state index is 12.2. The second-order valence-corrected chi connectivity index (χ2v) is 6.65. The summed E-state index contributed by atoms with van der Waals surface area (Å²) in [4.78, 5) is 14.5. The summed E-state index contributed by atoms with van der Waals surface area (Å²) in [6.07, 6.45) is 0. The molecule has 0 spiro atoms. The number of nitrogens with zero attached hydrogens (tertiary/aromatic N) is 3. The van der Waals surface area contributed by atoms with E-state index < -0.39 is 0 Å². The zero-order valence-electron chi connectivity index (χ0n) is 16.4. The molecule has 7 heteroatoms. The standard InChI is InChI=1S/C22H24N4O3/c1-17(22(18-7-3-2-4-8-18)26-11-13-28-14-12-26)24-25-21(27)16-29-20-10-6-5-9-19(20)15-23/h2-10,22H,11-14,16H2,1H3,(H,25,27)/b24-17-/t22-/m1/s1. The number of amides is 1. The van der Waals surface area contributed by atoms with Crippen LogP contribution in [0.5, 0.6) is 5.75 Å². The SMILES string of the molecule is C/C(=N/NC(=O)COc1ccccc1C#N)[C@H](c1ccccc1)N1CCOCC1. The van der Waals surface area contributed by atoms with Crippen LogP contribution in [-0.4, -0.2) is 49.4 Å². The summed E-state index contributed by atoms with van der Waals surface area (Å²) < 4.78 is 10.9. The topological polar surface area (TPSA) is 86.9 Å². The molecule has 0 bridgehead atoms. The van der Waals surface area contributed by atoms with Gasteiger partial charge in [0.15, 0.2) is 6.61 Å². The van der Waals surface area contributed by atoms with E-state index >= 15 is 0 Å². The minimum atomic E-state index is -0.383. The van der Waals surface area contributed by atoms with Crippen molar-refractivity contribution >= 4 is 11.6 Å². The highest BCUT2D eigenvalue weighted by atomic mass is 16.5. The highest BCUT2D eigenvalue weighted by Crippen LogP contribution is 2.23. The molecular weight excluding hydrogens is 368 g/mol. The molecule has 29 heavy (non-hydrogen) atoms. The first-order chi connectivity index (χ1) is 14.2. The molecule has 1 aliphatic heterocycles. The molecule has 1 fully saturated rings. The Labute approximate surface area is 170 Å². The van der Waals surface area contributed by atoms with Crippen LogP contribution in [0.4, 0.5) is 0 Å². The summed E-state index contributed by atoms with van der Waals surface area (Å²) in [7, 11) is 0. The van der Waals surface area contributed by atoms with Crippen LogP contribution in [0.1, 0.15) is 24.1 Å². The fraction of sp³-hybridized carbons (Fsp3) is 0.318. The third-order valence-corrected chi connectivity index (χ3v) is 4.65. The molecule has 0 aromatic heterocycles. The monoisotopic (exact) mass is 392 g/mol. The van der Waals surface area contributed by atoms with E-state index in [0.29, 0.717) is 24.5 Å². The third-order valence-electron chi connectivity index (χ3n) is 4.65.